The number of aromatic nitrogens is 2. The minimum atomic E-state index is -0.809. The van der Waals surface area contributed by atoms with E-state index in [0.29, 0.717) is 6.54 Å². The topological polar surface area (TPSA) is 55.1 Å². The molecule has 0 amide bonds. The molecule has 2 rings (SSSR count). The standard InChI is InChI=1S/C15H18N2O2S/c1-3-13-8-14(20-10-15(18)19)17(16-13)9-12-6-4-11(2)5-7-12/h4-8H,3,9-10H2,1-2H3,(H,18,19). The number of benzene rings is 1. The number of aryl methyl sites for hydroxylation is 2. The summed E-state index contributed by atoms with van der Waals surface area (Å²) < 4.78 is 1.89. The van der Waals surface area contributed by atoms with Gasteiger partial charge in [0.2, 0.25) is 0 Å². The number of nitrogens with zero attached hydrogens (tertiary/aromatic N) is 2. The fourth-order valence-electron chi connectivity index (χ4n) is 1.85. The van der Waals surface area contributed by atoms with Gasteiger partial charge in [-0.25, -0.2) is 0 Å². The largest absolute Gasteiger partial charge is 0.481 e. The fourth-order valence-corrected chi connectivity index (χ4v) is 2.60. The number of carboxylic acid groups (broad SMARTS) is 1. The van der Waals surface area contributed by atoms with Gasteiger partial charge in [-0.3, -0.25) is 9.48 Å². The highest BCUT2D eigenvalue weighted by molar-refractivity contribution is 7.99. The van der Waals surface area contributed by atoms with Crippen LogP contribution in [0.4, 0.5) is 0 Å². The first-order chi connectivity index (χ1) is 9.58. The summed E-state index contributed by atoms with van der Waals surface area (Å²) in [4.78, 5) is 10.7. The van der Waals surface area contributed by atoms with Crippen molar-refractivity contribution in [3.8, 4) is 0 Å². The molecular formula is C15H18N2O2S. The number of hydrogen-bond acceptors (Lipinski definition) is 3. The second kappa shape index (κ2) is 6.61. The van der Waals surface area contributed by atoms with Crippen LogP contribution in [0.2, 0.25) is 0 Å². The molecule has 4 nitrogen and oxygen atoms in total. The average molecular weight is 290 g/mol. The van der Waals surface area contributed by atoms with Crippen LogP contribution in [0.5, 0.6) is 0 Å². The third-order valence-electron chi connectivity index (χ3n) is 2.95. The summed E-state index contributed by atoms with van der Waals surface area (Å²) in [6.07, 6.45) is 0.849. The smallest absolute Gasteiger partial charge is 0.313 e. The molecule has 0 unspecified atom stereocenters. The molecular weight excluding hydrogens is 272 g/mol. The van der Waals surface area contributed by atoms with E-state index < -0.39 is 5.97 Å². The lowest BCUT2D eigenvalue weighted by Gasteiger charge is -2.06. The Morgan fingerprint density at radius 3 is 2.65 bits per heavy atom. The number of carboxylic acids is 1. The minimum absolute atomic E-state index is 0.0583. The maximum Gasteiger partial charge on any atom is 0.313 e. The van der Waals surface area contributed by atoms with Crippen LogP contribution in [0.1, 0.15) is 23.7 Å². The third-order valence-corrected chi connectivity index (χ3v) is 3.97. The normalized spacial score (nSPS) is 10.7. The molecule has 0 aliphatic carbocycles. The van der Waals surface area contributed by atoms with E-state index in [-0.39, 0.29) is 5.75 Å². The zero-order valence-corrected chi connectivity index (χ0v) is 12.5. The first kappa shape index (κ1) is 14.7. The molecule has 0 fully saturated rings. The van der Waals surface area contributed by atoms with E-state index in [1.165, 1.54) is 22.9 Å². The van der Waals surface area contributed by atoms with Crippen molar-refractivity contribution in [2.75, 3.05) is 5.75 Å². The van der Waals surface area contributed by atoms with Crippen LogP contribution in [-0.4, -0.2) is 26.6 Å². The molecule has 106 valence electrons. The predicted molar refractivity (Wildman–Crippen MR) is 80.2 cm³/mol. The maximum absolute atomic E-state index is 10.7. The summed E-state index contributed by atoms with van der Waals surface area (Å²) >= 11 is 1.31. The van der Waals surface area contributed by atoms with Gasteiger partial charge in [-0.15, -0.1) is 0 Å². The van der Waals surface area contributed by atoms with Gasteiger partial charge >= 0.3 is 5.97 Å². The van der Waals surface area contributed by atoms with Crippen molar-refractivity contribution >= 4 is 17.7 Å². The Bertz CT molecular complexity index is 590. The van der Waals surface area contributed by atoms with Crippen LogP contribution in [-0.2, 0) is 17.8 Å². The summed E-state index contributed by atoms with van der Waals surface area (Å²) in [5.41, 5.74) is 3.38. The lowest BCUT2D eigenvalue weighted by Crippen LogP contribution is -2.05. The monoisotopic (exact) mass is 290 g/mol. The van der Waals surface area contributed by atoms with Gasteiger partial charge in [-0.05, 0) is 25.0 Å². The second-order valence-electron chi connectivity index (χ2n) is 4.65. The summed E-state index contributed by atoms with van der Waals surface area (Å²) in [5, 5.41) is 14.2. The molecule has 1 aromatic heterocycles. The van der Waals surface area contributed by atoms with Gasteiger partial charge in [-0.1, -0.05) is 48.5 Å². The Morgan fingerprint density at radius 2 is 2.05 bits per heavy atom. The molecule has 0 atom stereocenters. The van der Waals surface area contributed by atoms with Gasteiger partial charge in [0.05, 0.1) is 23.0 Å². The molecule has 1 heterocycles. The Kier molecular flexibility index (Phi) is 4.84. The van der Waals surface area contributed by atoms with Crippen molar-refractivity contribution in [3.63, 3.8) is 0 Å². The first-order valence-corrected chi connectivity index (χ1v) is 7.54. The maximum atomic E-state index is 10.7. The fraction of sp³-hybridized carbons (Fsp3) is 0.333. The number of carbonyl (C=O) groups is 1. The van der Waals surface area contributed by atoms with Gasteiger partial charge in [-0.2, -0.15) is 5.10 Å². The van der Waals surface area contributed by atoms with E-state index in [1.54, 1.807) is 0 Å². The number of thioether (sulfide) groups is 1. The van der Waals surface area contributed by atoms with Gasteiger partial charge in [0.15, 0.2) is 0 Å². The lowest BCUT2D eigenvalue weighted by atomic mass is 10.1. The molecule has 5 heteroatoms. The SMILES string of the molecule is CCc1cc(SCC(=O)O)n(Cc2ccc(C)cc2)n1. The highest BCUT2D eigenvalue weighted by atomic mass is 32.2. The van der Waals surface area contributed by atoms with E-state index in [4.69, 9.17) is 5.11 Å². The van der Waals surface area contributed by atoms with Crippen LogP contribution < -0.4 is 0 Å². The number of rotatable bonds is 6. The summed E-state index contributed by atoms with van der Waals surface area (Å²) in [6, 6.07) is 10.3. The predicted octanol–water partition coefficient (Wildman–Crippen LogP) is 2.98. The summed E-state index contributed by atoms with van der Waals surface area (Å²) in [7, 11) is 0. The van der Waals surface area contributed by atoms with Gasteiger partial charge in [0, 0.05) is 0 Å². The van der Waals surface area contributed by atoms with Crippen molar-refractivity contribution in [1.82, 2.24) is 9.78 Å². The average Bonchev–Trinajstić information content (AvgIpc) is 2.81. The Morgan fingerprint density at radius 1 is 1.35 bits per heavy atom. The Balaban J connectivity index is 2.18. The van der Waals surface area contributed by atoms with Gasteiger partial charge < -0.3 is 5.11 Å². The van der Waals surface area contributed by atoms with E-state index in [9.17, 15) is 4.79 Å². The van der Waals surface area contributed by atoms with Crippen molar-refractivity contribution in [3.05, 3.63) is 47.2 Å². The molecule has 2 aromatic rings. The Labute approximate surface area is 122 Å². The van der Waals surface area contributed by atoms with E-state index in [0.717, 1.165) is 17.1 Å². The van der Waals surface area contributed by atoms with Gasteiger partial charge in [0.25, 0.3) is 0 Å². The van der Waals surface area contributed by atoms with E-state index in [1.807, 2.05) is 17.7 Å². The molecule has 1 N–H and O–H groups in total. The van der Waals surface area contributed by atoms with Crippen molar-refractivity contribution in [2.45, 2.75) is 31.8 Å². The Hall–Kier alpha value is -1.75. The van der Waals surface area contributed by atoms with Crippen molar-refractivity contribution in [2.24, 2.45) is 0 Å². The summed E-state index contributed by atoms with van der Waals surface area (Å²) in [6.45, 7) is 4.77. The molecule has 1 aromatic carbocycles. The molecule has 20 heavy (non-hydrogen) atoms. The van der Waals surface area contributed by atoms with Crippen molar-refractivity contribution < 1.29 is 9.90 Å². The van der Waals surface area contributed by atoms with E-state index in [2.05, 4.69) is 36.3 Å². The van der Waals surface area contributed by atoms with Crippen LogP contribution >= 0.6 is 11.8 Å². The lowest BCUT2D eigenvalue weighted by molar-refractivity contribution is -0.133. The third kappa shape index (κ3) is 3.87. The molecule has 0 saturated carbocycles. The van der Waals surface area contributed by atoms with Crippen LogP contribution in [0.15, 0.2) is 35.4 Å². The quantitative estimate of drug-likeness (QED) is 0.831. The van der Waals surface area contributed by atoms with Crippen molar-refractivity contribution in [1.29, 1.82) is 0 Å². The summed E-state index contributed by atoms with van der Waals surface area (Å²) in [5.74, 6) is -0.751. The van der Waals surface area contributed by atoms with Crippen LogP contribution in [0.3, 0.4) is 0 Å². The molecule has 0 saturated heterocycles. The van der Waals surface area contributed by atoms with Crippen LogP contribution in [0, 0.1) is 6.92 Å². The van der Waals surface area contributed by atoms with Crippen LogP contribution in [0.25, 0.3) is 0 Å². The highest BCUT2D eigenvalue weighted by Gasteiger charge is 2.10. The first-order valence-electron chi connectivity index (χ1n) is 6.55. The minimum Gasteiger partial charge on any atom is -0.481 e. The highest BCUT2D eigenvalue weighted by Crippen LogP contribution is 2.21. The molecule has 0 radical (unpaired) electrons. The van der Waals surface area contributed by atoms with E-state index >= 15 is 0 Å². The molecule has 0 bridgehead atoms. The number of aliphatic carboxylic acids is 1. The molecule has 0 aliphatic heterocycles. The van der Waals surface area contributed by atoms with Gasteiger partial charge in [0.1, 0.15) is 0 Å². The molecule has 0 spiro atoms. The second-order valence-corrected chi connectivity index (χ2v) is 5.65. The number of hydrogen-bond donors (Lipinski definition) is 1. The zero-order chi connectivity index (χ0) is 14.5. The molecule has 0 aliphatic rings. The zero-order valence-electron chi connectivity index (χ0n) is 11.7.